The topological polar surface area (TPSA) is 79.8 Å². The smallest absolute Gasteiger partial charge is 0.230 e. The molecule has 1 aromatic heterocycles. The van der Waals surface area contributed by atoms with E-state index in [0.717, 1.165) is 28.4 Å². The van der Waals surface area contributed by atoms with E-state index in [1.165, 1.54) is 11.3 Å². The van der Waals surface area contributed by atoms with Crippen molar-refractivity contribution in [1.29, 1.82) is 0 Å². The zero-order chi connectivity index (χ0) is 22.1. The van der Waals surface area contributed by atoms with Gasteiger partial charge in [-0.15, -0.1) is 11.3 Å². The Balaban J connectivity index is 1.29. The molecule has 0 N–H and O–H groups in total. The molecule has 166 valence electrons. The number of carbonyl (C=O) groups is 3. The van der Waals surface area contributed by atoms with Crippen molar-refractivity contribution in [3.05, 3.63) is 27.7 Å². The summed E-state index contributed by atoms with van der Waals surface area (Å²) in [4.78, 5) is 47.6. The minimum atomic E-state index is -0.633. The molecule has 0 saturated carbocycles. The molecule has 2 bridgehead atoms. The first-order chi connectivity index (χ1) is 14.7. The van der Waals surface area contributed by atoms with Gasteiger partial charge in [-0.05, 0) is 33.6 Å². The number of carbonyl (C=O) groups excluding carboxylic acids is 3. The van der Waals surface area contributed by atoms with Crippen LogP contribution >= 0.6 is 11.3 Å². The fourth-order valence-electron chi connectivity index (χ4n) is 5.72. The maximum absolute atomic E-state index is 13.5. The number of ether oxygens (including phenoxy) is 1. The number of amides is 2. The van der Waals surface area contributed by atoms with Gasteiger partial charge in [-0.3, -0.25) is 14.4 Å². The summed E-state index contributed by atoms with van der Waals surface area (Å²) < 4.78 is 6.23. The first-order valence-corrected chi connectivity index (χ1v) is 12.0. The minimum Gasteiger partial charge on any atom is -0.360 e. The van der Waals surface area contributed by atoms with E-state index in [1.807, 2.05) is 42.7 Å². The number of likely N-dealkylation sites (tertiary alicyclic amines) is 2. The number of fused-ring (bicyclic) bond motifs is 1. The van der Waals surface area contributed by atoms with Crippen molar-refractivity contribution in [2.75, 3.05) is 19.6 Å². The normalized spacial score (nSPS) is 32.4. The van der Waals surface area contributed by atoms with E-state index in [1.54, 1.807) is 6.92 Å². The number of ketones is 1. The van der Waals surface area contributed by atoms with Gasteiger partial charge in [0.15, 0.2) is 5.78 Å². The van der Waals surface area contributed by atoms with E-state index in [0.29, 0.717) is 19.6 Å². The Hall–Kier alpha value is -2.06. The van der Waals surface area contributed by atoms with Crippen molar-refractivity contribution in [2.45, 2.75) is 64.2 Å². The monoisotopic (exact) mass is 443 g/mol. The molecule has 1 aromatic rings. The highest BCUT2D eigenvalue weighted by molar-refractivity contribution is 7.13. The van der Waals surface area contributed by atoms with Gasteiger partial charge >= 0.3 is 0 Å². The number of nitrogens with zero attached hydrogens (tertiary/aromatic N) is 3. The molecular weight excluding hydrogens is 414 g/mol. The fourth-order valence-corrected chi connectivity index (χ4v) is 6.85. The van der Waals surface area contributed by atoms with E-state index >= 15 is 0 Å². The summed E-state index contributed by atoms with van der Waals surface area (Å²) in [6.07, 6.45) is 5.34. The van der Waals surface area contributed by atoms with Crippen LogP contribution in [0.2, 0.25) is 0 Å². The molecule has 7 nitrogen and oxygen atoms in total. The van der Waals surface area contributed by atoms with Crippen molar-refractivity contribution in [3.63, 3.8) is 0 Å². The summed E-state index contributed by atoms with van der Waals surface area (Å²) in [6.45, 7) is 9.30. The molecule has 1 spiro atoms. The largest absolute Gasteiger partial charge is 0.360 e. The van der Waals surface area contributed by atoms with Crippen molar-refractivity contribution < 1.29 is 19.1 Å². The van der Waals surface area contributed by atoms with Crippen LogP contribution in [0.3, 0.4) is 0 Å². The number of piperidine rings is 1. The van der Waals surface area contributed by atoms with Crippen LogP contribution in [0.1, 0.15) is 59.9 Å². The highest BCUT2D eigenvalue weighted by Crippen LogP contribution is 2.53. The lowest BCUT2D eigenvalue weighted by atomic mass is 9.76. The Bertz CT molecular complexity index is 977. The second-order valence-corrected chi connectivity index (χ2v) is 10.6. The predicted molar refractivity (Wildman–Crippen MR) is 116 cm³/mol. The number of aromatic nitrogens is 1. The quantitative estimate of drug-likeness (QED) is 0.528. The van der Waals surface area contributed by atoms with E-state index in [2.05, 4.69) is 4.98 Å². The van der Waals surface area contributed by atoms with Gasteiger partial charge in [-0.25, -0.2) is 4.98 Å². The summed E-state index contributed by atoms with van der Waals surface area (Å²) in [5, 5.41) is 0.999. The van der Waals surface area contributed by atoms with E-state index in [4.69, 9.17) is 4.74 Å². The summed E-state index contributed by atoms with van der Waals surface area (Å²) in [5.74, 6) is -0.417. The van der Waals surface area contributed by atoms with Crippen LogP contribution in [0.15, 0.2) is 12.2 Å². The van der Waals surface area contributed by atoms with E-state index in [-0.39, 0.29) is 35.7 Å². The Morgan fingerprint density at radius 1 is 1.29 bits per heavy atom. The van der Waals surface area contributed by atoms with Gasteiger partial charge in [0.2, 0.25) is 11.8 Å². The van der Waals surface area contributed by atoms with Crippen molar-refractivity contribution in [3.8, 4) is 0 Å². The summed E-state index contributed by atoms with van der Waals surface area (Å²) in [6, 6.07) is 0.0941. The number of aryl methyl sites for hydroxylation is 1. The predicted octanol–water partition coefficient (Wildman–Crippen LogP) is 2.55. The lowest BCUT2D eigenvalue weighted by Crippen LogP contribution is -2.48. The number of thiazole rings is 1. The van der Waals surface area contributed by atoms with Crippen molar-refractivity contribution in [2.24, 2.45) is 11.8 Å². The van der Waals surface area contributed by atoms with Gasteiger partial charge in [0.25, 0.3) is 0 Å². The molecule has 3 saturated heterocycles. The summed E-state index contributed by atoms with van der Waals surface area (Å²) >= 11 is 1.49. The van der Waals surface area contributed by atoms with Gasteiger partial charge in [0.05, 0.1) is 40.1 Å². The molecule has 0 radical (unpaired) electrons. The highest BCUT2D eigenvalue weighted by Gasteiger charge is 2.67. The lowest BCUT2D eigenvalue weighted by Gasteiger charge is -2.35. The first kappa shape index (κ1) is 20.8. The third-order valence-corrected chi connectivity index (χ3v) is 8.75. The van der Waals surface area contributed by atoms with Gasteiger partial charge < -0.3 is 14.5 Å². The second kappa shape index (κ2) is 7.24. The van der Waals surface area contributed by atoms with Gasteiger partial charge in [-0.1, -0.05) is 12.2 Å². The Labute approximate surface area is 186 Å². The second-order valence-electron chi connectivity index (χ2n) is 9.58. The van der Waals surface area contributed by atoms with Crippen LogP contribution in [-0.4, -0.2) is 69.8 Å². The molecule has 4 aliphatic rings. The summed E-state index contributed by atoms with van der Waals surface area (Å²) in [7, 11) is 0. The third kappa shape index (κ3) is 3.09. The van der Waals surface area contributed by atoms with Gasteiger partial charge in [0, 0.05) is 32.0 Å². The molecule has 31 heavy (non-hydrogen) atoms. The molecule has 8 heteroatoms. The number of hydrogen-bond acceptors (Lipinski definition) is 6. The highest BCUT2D eigenvalue weighted by atomic mass is 32.1. The maximum Gasteiger partial charge on any atom is 0.230 e. The molecule has 3 fully saturated rings. The number of hydrogen-bond donors (Lipinski definition) is 0. The lowest BCUT2D eigenvalue weighted by molar-refractivity contribution is -0.144. The Kier molecular flexibility index (Phi) is 4.86. The molecule has 5 rings (SSSR count). The average molecular weight is 444 g/mol. The van der Waals surface area contributed by atoms with Crippen LogP contribution in [0.25, 0.3) is 0 Å². The standard InChI is InChI=1S/C23H29N3O4S/c1-12(2)26-11-23-8-5-16(30-23)17(18(23)22(26)29)21(28)25-9-6-15(7-10-25)20-24-13(3)19(31-20)14(4)27/h5,8,12,15-18H,6-7,9-11H2,1-4H3/t16-,17+,18-,23+/m1/s1. The van der Waals surface area contributed by atoms with Crippen LogP contribution in [0.5, 0.6) is 0 Å². The summed E-state index contributed by atoms with van der Waals surface area (Å²) in [5.41, 5.74) is 0.170. The molecular formula is C23H29N3O4S. The Morgan fingerprint density at radius 2 is 2.00 bits per heavy atom. The minimum absolute atomic E-state index is 0.0402. The van der Waals surface area contributed by atoms with Crippen LogP contribution < -0.4 is 0 Å². The first-order valence-electron chi connectivity index (χ1n) is 11.2. The maximum atomic E-state index is 13.5. The van der Waals surface area contributed by atoms with Crippen LogP contribution in [-0.2, 0) is 14.3 Å². The average Bonchev–Trinajstić information content (AvgIpc) is 3.47. The molecule has 0 aliphatic carbocycles. The van der Waals surface area contributed by atoms with Gasteiger partial charge in [0.1, 0.15) is 5.60 Å². The van der Waals surface area contributed by atoms with Crippen molar-refractivity contribution >= 4 is 28.9 Å². The molecule has 0 aromatic carbocycles. The SMILES string of the molecule is CC(=O)c1sc(C2CCN(C(=O)[C@H]3[C@H]4C=C[C@@]5(CN(C(C)C)C(=O)[C@@H]35)O4)CC2)nc1C. The van der Waals surface area contributed by atoms with E-state index in [9.17, 15) is 14.4 Å². The van der Waals surface area contributed by atoms with Crippen molar-refractivity contribution in [1.82, 2.24) is 14.8 Å². The van der Waals surface area contributed by atoms with Crippen LogP contribution in [0, 0.1) is 18.8 Å². The molecule has 0 unspecified atom stereocenters. The fraction of sp³-hybridized carbons (Fsp3) is 0.652. The zero-order valence-electron chi connectivity index (χ0n) is 18.5. The Morgan fingerprint density at radius 3 is 2.61 bits per heavy atom. The number of rotatable bonds is 4. The van der Waals surface area contributed by atoms with Crippen LogP contribution in [0.4, 0.5) is 0 Å². The van der Waals surface area contributed by atoms with Gasteiger partial charge in [-0.2, -0.15) is 0 Å². The van der Waals surface area contributed by atoms with E-state index < -0.39 is 17.4 Å². The zero-order valence-corrected chi connectivity index (χ0v) is 19.3. The molecule has 2 amide bonds. The molecule has 4 atom stereocenters. The number of Topliss-reactive ketones (excluding diaryl/α,β-unsaturated/α-hetero) is 1. The third-order valence-electron chi connectivity index (χ3n) is 7.33. The molecule has 4 aliphatic heterocycles. The molecule has 5 heterocycles.